The molecule has 1 fully saturated rings. The lowest BCUT2D eigenvalue weighted by molar-refractivity contribution is -0.145. The van der Waals surface area contributed by atoms with Crippen molar-refractivity contribution in [2.75, 3.05) is 18.6 Å². The molecule has 2 rings (SSSR count). The van der Waals surface area contributed by atoms with Gasteiger partial charge in [0.2, 0.25) is 11.8 Å². The molecule has 6 heteroatoms. The third-order valence-corrected chi connectivity index (χ3v) is 3.38. The standard InChI is InChI=1S/C13H14N2O4/c1-7-8(2)19-12(10(7)5-14)15-6-9(4-11(15)16)13(17)18-3/h9H,4,6H2,1-3H3. The van der Waals surface area contributed by atoms with Gasteiger partial charge < -0.3 is 9.15 Å². The van der Waals surface area contributed by atoms with Crippen LogP contribution in [0.1, 0.15) is 23.3 Å². The van der Waals surface area contributed by atoms with Gasteiger partial charge in [0.25, 0.3) is 0 Å². The summed E-state index contributed by atoms with van der Waals surface area (Å²) in [6, 6.07) is 2.04. The number of hydrogen-bond donors (Lipinski definition) is 0. The van der Waals surface area contributed by atoms with Gasteiger partial charge in [-0.3, -0.25) is 14.5 Å². The molecule has 1 saturated heterocycles. The normalized spacial score (nSPS) is 18.5. The Morgan fingerprint density at radius 3 is 2.79 bits per heavy atom. The van der Waals surface area contributed by atoms with Gasteiger partial charge in [-0.25, -0.2) is 0 Å². The Kier molecular flexibility index (Phi) is 3.30. The van der Waals surface area contributed by atoms with E-state index >= 15 is 0 Å². The van der Waals surface area contributed by atoms with E-state index in [0.29, 0.717) is 16.9 Å². The van der Waals surface area contributed by atoms with E-state index in [1.807, 2.05) is 6.07 Å². The second-order valence-corrected chi connectivity index (χ2v) is 4.50. The summed E-state index contributed by atoms with van der Waals surface area (Å²) in [5.74, 6) is -0.334. The smallest absolute Gasteiger partial charge is 0.311 e. The van der Waals surface area contributed by atoms with E-state index in [2.05, 4.69) is 4.74 Å². The van der Waals surface area contributed by atoms with Crippen molar-refractivity contribution < 1.29 is 18.7 Å². The summed E-state index contributed by atoms with van der Waals surface area (Å²) in [4.78, 5) is 24.8. The highest BCUT2D eigenvalue weighted by molar-refractivity contribution is 5.99. The Morgan fingerprint density at radius 1 is 1.53 bits per heavy atom. The molecule has 1 aliphatic rings. The number of amides is 1. The van der Waals surface area contributed by atoms with E-state index in [1.54, 1.807) is 13.8 Å². The minimum Gasteiger partial charge on any atom is -0.469 e. The predicted molar refractivity (Wildman–Crippen MR) is 65.4 cm³/mol. The minimum absolute atomic E-state index is 0.0797. The lowest BCUT2D eigenvalue weighted by atomic mass is 10.1. The van der Waals surface area contributed by atoms with Gasteiger partial charge in [-0.1, -0.05) is 0 Å². The molecular formula is C13H14N2O4. The third-order valence-electron chi connectivity index (χ3n) is 3.38. The van der Waals surface area contributed by atoms with Crippen LogP contribution in [0.3, 0.4) is 0 Å². The molecule has 1 aromatic heterocycles. The van der Waals surface area contributed by atoms with Crippen molar-refractivity contribution in [2.24, 2.45) is 5.92 Å². The van der Waals surface area contributed by atoms with E-state index in [0.717, 1.165) is 0 Å². The van der Waals surface area contributed by atoms with Crippen LogP contribution in [0.2, 0.25) is 0 Å². The van der Waals surface area contributed by atoms with Crippen LogP contribution in [-0.2, 0) is 14.3 Å². The molecule has 0 radical (unpaired) electrons. The van der Waals surface area contributed by atoms with Crippen LogP contribution in [0.5, 0.6) is 0 Å². The molecular weight excluding hydrogens is 248 g/mol. The van der Waals surface area contributed by atoms with Crippen molar-refractivity contribution in [1.29, 1.82) is 5.26 Å². The molecule has 1 amide bonds. The Balaban J connectivity index is 2.34. The first-order chi connectivity index (χ1) is 8.99. The Hall–Kier alpha value is -2.29. The van der Waals surface area contributed by atoms with Gasteiger partial charge >= 0.3 is 5.97 Å². The van der Waals surface area contributed by atoms with Gasteiger partial charge in [0, 0.05) is 18.5 Å². The Morgan fingerprint density at radius 2 is 2.21 bits per heavy atom. The second kappa shape index (κ2) is 4.76. The summed E-state index contributed by atoms with van der Waals surface area (Å²) >= 11 is 0. The zero-order chi connectivity index (χ0) is 14.2. The highest BCUT2D eigenvalue weighted by atomic mass is 16.5. The van der Waals surface area contributed by atoms with Crippen LogP contribution in [0, 0.1) is 31.1 Å². The number of carbonyl (C=O) groups is 2. The maximum Gasteiger partial charge on any atom is 0.311 e. The fourth-order valence-corrected chi connectivity index (χ4v) is 2.16. The number of aryl methyl sites for hydroxylation is 1. The maximum atomic E-state index is 11.9. The number of rotatable bonds is 2. The SMILES string of the molecule is COC(=O)C1CC(=O)N(c2oc(C)c(C)c2C#N)C1. The Labute approximate surface area is 110 Å². The number of anilines is 1. The van der Waals surface area contributed by atoms with E-state index in [9.17, 15) is 9.59 Å². The van der Waals surface area contributed by atoms with Gasteiger partial charge in [0.1, 0.15) is 17.4 Å². The number of methoxy groups -OCH3 is 1. The summed E-state index contributed by atoms with van der Waals surface area (Å²) in [6.07, 6.45) is 0.0797. The number of carbonyl (C=O) groups excluding carboxylic acids is 2. The van der Waals surface area contributed by atoms with Gasteiger partial charge in [-0.2, -0.15) is 5.26 Å². The zero-order valence-corrected chi connectivity index (χ0v) is 11.0. The summed E-state index contributed by atoms with van der Waals surface area (Å²) in [5.41, 5.74) is 1.06. The van der Waals surface area contributed by atoms with Crippen LogP contribution in [0.25, 0.3) is 0 Å². The van der Waals surface area contributed by atoms with Gasteiger partial charge in [0.05, 0.1) is 13.0 Å². The minimum atomic E-state index is -0.505. The molecule has 1 atom stereocenters. The van der Waals surface area contributed by atoms with Crippen molar-refractivity contribution in [3.05, 3.63) is 16.9 Å². The van der Waals surface area contributed by atoms with Crippen molar-refractivity contribution in [1.82, 2.24) is 0 Å². The molecule has 1 aromatic rings. The third kappa shape index (κ3) is 2.08. The Bertz CT molecular complexity index is 582. The van der Waals surface area contributed by atoms with E-state index in [1.165, 1.54) is 12.0 Å². The highest BCUT2D eigenvalue weighted by Gasteiger charge is 2.38. The molecule has 2 heterocycles. The summed E-state index contributed by atoms with van der Waals surface area (Å²) < 4.78 is 10.1. The quantitative estimate of drug-likeness (QED) is 0.750. The number of nitrogens with zero attached hydrogens (tertiary/aromatic N) is 2. The zero-order valence-electron chi connectivity index (χ0n) is 11.0. The molecule has 1 aliphatic heterocycles. The topological polar surface area (TPSA) is 83.5 Å². The summed E-state index contributed by atoms with van der Waals surface area (Å²) in [7, 11) is 1.29. The lowest BCUT2D eigenvalue weighted by Crippen LogP contribution is -2.26. The first-order valence-corrected chi connectivity index (χ1v) is 5.87. The van der Waals surface area contributed by atoms with E-state index in [-0.39, 0.29) is 24.8 Å². The average molecular weight is 262 g/mol. The van der Waals surface area contributed by atoms with Crippen molar-refractivity contribution in [3.63, 3.8) is 0 Å². The van der Waals surface area contributed by atoms with Crippen molar-refractivity contribution >= 4 is 17.8 Å². The maximum absolute atomic E-state index is 11.9. The van der Waals surface area contributed by atoms with Crippen LogP contribution in [0.15, 0.2) is 4.42 Å². The van der Waals surface area contributed by atoms with Crippen LogP contribution in [0.4, 0.5) is 5.88 Å². The van der Waals surface area contributed by atoms with E-state index < -0.39 is 11.9 Å². The van der Waals surface area contributed by atoms with Gasteiger partial charge in [0.15, 0.2) is 0 Å². The molecule has 0 N–H and O–H groups in total. The largest absolute Gasteiger partial charge is 0.469 e. The van der Waals surface area contributed by atoms with Crippen LogP contribution < -0.4 is 4.90 Å². The van der Waals surface area contributed by atoms with Gasteiger partial charge in [-0.05, 0) is 13.8 Å². The summed E-state index contributed by atoms with van der Waals surface area (Å²) in [5, 5.41) is 9.14. The van der Waals surface area contributed by atoms with Crippen molar-refractivity contribution in [3.8, 4) is 6.07 Å². The summed E-state index contributed by atoms with van der Waals surface area (Å²) in [6.45, 7) is 3.68. The monoisotopic (exact) mass is 262 g/mol. The fraction of sp³-hybridized carbons (Fsp3) is 0.462. The molecule has 0 aromatic carbocycles. The van der Waals surface area contributed by atoms with Crippen LogP contribution >= 0.6 is 0 Å². The number of nitriles is 1. The molecule has 0 saturated carbocycles. The molecule has 1 unspecified atom stereocenters. The number of esters is 1. The molecule has 0 aliphatic carbocycles. The van der Waals surface area contributed by atoms with Gasteiger partial charge in [-0.15, -0.1) is 0 Å². The number of furan rings is 1. The highest BCUT2D eigenvalue weighted by Crippen LogP contribution is 2.33. The molecule has 19 heavy (non-hydrogen) atoms. The molecule has 0 bridgehead atoms. The molecule has 0 spiro atoms. The predicted octanol–water partition coefficient (Wildman–Crippen LogP) is 1.29. The molecule has 6 nitrogen and oxygen atoms in total. The fourth-order valence-electron chi connectivity index (χ4n) is 2.16. The average Bonchev–Trinajstić information content (AvgIpc) is 2.90. The molecule has 100 valence electrons. The first-order valence-electron chi connectivity index (χ1n) is 5.87. The second-order valence-electron chi connectivity index (χ2n) is 4.50. The van der Waals surface area contributed by atoms with Crippen LogP contribution in [-0.4, -0.2) is 25.5 Å². The van der Waals surface area contributed by atoms with Crippen molar-refractivity contribution in [2.45, 2.75) is 20.3 Å². The number of hydrogen-bond acceptors (Lipinski definition) is 5. The first kappa shape index (κ1) is 13.1. The number of ether oxygens (including phenoxy) is 1. The lowest BCUT2D eigenvalue weighted by Gasteiger charge is -2.13. The van der Waals surface area contributed by atoms with E-state index in [4.69, 9.17) is 9.68 Å².